The number of hydrogen-bond acceptors (Lipinski definition) is 7. The van der Waals surface area contributed by atoms with Crippen LogP contribution in [0.4, 0.5) is 13.2 Å². The fraction of sp³-hybridized carbons (Fsp3) is 0.375. The van der Waals surface area contributed by atoms with Gasteiger partial charge in [0.15, 0.2) is 6.61 Å². The van der Waals surface area contributed by atoms with Crippen LogP contribution in [0.25, 0.3) is 0 Å². The molecule has 44 heavy (non-hydrogen) atoms. The maximum absolute atomic E-state index is 13.0. The van der Waals surface area contributed by atoms with Crippen LogP contribution in [0.2, 0.25) is 5.02 Å². The Morgan fingerprint density at radius 1 is 1.05 bits per heavy atom. The van der Waals surface area contributed by atoms with Crippen molar-refractivity contribution >= 4 is 23.3 Å². The van der Waals surface area contributed by atoms with Crippen molar-refractivity contribution in [1.82, 2.24) is 15.1 Å². The molecule has 0 radical (unpaired) electrons. The van der Waals surface area contributed by atoms with Crippen LogP contribution in [-0.4, -0.2) is 73.8 Å². The average Bonchev–Trinajstić information content (AvgIpc) is 3.34. The number of alkyl halides is 3. The molecule has 2 aliphatic heterocycles. The number of ether oxygens (including phenoxy) is 3. The molecule has 3 aromatic carbocycles. The van der Waals surface area contributed by atoms with Gasteiger partial charge < -0.3 is 24.4 Å². The lowest BCUT2D eigenvalue weighted by Crippen LogP contribution is -2.52. The Morgan fingerprint density at radius 3 is 2.50 bits per heavy atom. The van der Waals surface area contributed by atoms with E-state index in [4.69, 9.17) is 30.8 Å². The highest BCUT2D eigenvalue weighted by atomic mass is 35.5. The van der Waals surface area contributed by atoms with Gasteiger partial charge in [0.2, 0.25) is 5.91 Å². The van der Waals surface area contributed by atoms with Gasteiger partial charge in [0.25, 0.3) is 0 Å². The number of nitrogens with one attached hydrogen (secondary N) is 1. The summed E-state index contributed by atoms with van der Waals surface area (Å²) < 4.78 is 55.7. The summed E-state index contributed by atoms with van der Waals surface area (Å²) in [4.78, 5) is 21.7. The van der Waals surface area contributed by atoms with Crippen LogP contribution in [-0.2, 0) is 4.79 Å². The minimum absolute atomic E-state index is 0.0729. The lowest BCUT2D eigenvalue weighted by Gasteiger charge is -2.37. The van der Waals surface area contributed by atoms with E-state index >= 15 is 0 Å². The van der Waals surface area contributed by atoms with E-state index in [0.29, 0.717) is 53.2 Å². The molecule has 0 spiro atoms. The molecule has 8 nitrogen and oxygen atoms in total. The molecule has 0 aliphatic carbocycles. The number of halogens is 4. The molecule has 1 amide bonds. The highest BCUT2D eigenvalue weighted by Crippen LogP contribution is 2.45. The Kier molecular flexibility index (Phi) is 9.55. The molecule has 3 aromatic rings. The van der Waals surface area contributed by atoms with Gasteiger partial charge in [-0.3, -0.25) is 14.7 Å². The summed E-state index contributed by atoms with van der Waals surface area (Å²) in [6.07, 6.45) is -4.62. The number of carbonyl (C=O) groups excluding carboxylic acids is 1. The van der Waals surface area contributed by atoms with Crippen LogP contribution >= 0.6 is 11.6 Å². The monoisotopic (exact) mass is 630 g/mol. The van der Waals surface area contributed by atoms with Crippen molar-refractivity contribution in [3.05, 3.63) is 88.4 Å². The molecule has 2 atom stereocenters. The second-order valence-corrected chi connectivity index (χ2v) is 11.3. The number of amides is 1. The molecule has 2 aliphatic rings. The SMILES string of the molecule is COc1ccc(C2=NC(c3cccc(OCC(F)(F)F)c3)C(c3ccc(Cl)cc3)N2CN2CCNC(=O)C2)c(OC(C)C)c1. The molecule has 0 saturated carbocycles. The summed E-state index contributed by atoms with van der Waals surface area (Å²) in [6.45, 7) is 4.16. The van der Waals surface area contributed by atoms with Gasteiger partial charge in [0.1, 0.15) is 29.1 Å². The van der Waals surface area contributed by atoms with Crippen molar-refractivity contribution in [2.75, 3.05) is 40.0 Å². The molecule has 12 heteroatoms. The number of carbonyl (C=O) groups is 1. The van der Waals surface area contributed by atoms with Gasteiger partial charge in [-0.25, -0.2) is 0 Å². The molecule has 2 unspecified atom stereocenters. The van der Waals surface area contributed by atoms with E-state index in [1.54, 1.807) is 37.4 Å². The van der Waals surface area contributed by atoms with E-state index in [2.05, 4.69) is 10.2 Å². The third-order valence-corrected chi connectivity index (χ3v) is 7.50. The molecular formula is C32H34ClF3N4O4. The fourth-order valence-electron chi connectivity index (χ4n) is 5.38. The first-order valence-electron chi connectivity index (χ1n) is 14.2. The van der Waals surface area contributed by atoms with E-state index in [1.165, 1.54) is 6.07 Å². The first-order valence-corrected chi connectivity index (χ1v) is 14.6. The van der Waals surface area contributed by atoms with Crippen LogP contribution in [0.15, 0.2) is 71.7 Å². The number of methoxy groups -OCH3 is 1. The maximum atomic E-state index is 13.0. The summed E-state index contributed by atoms with van der Waals surface area (Å²) >= 11 is 6.26. The minimum Gasteiger partial charge on any atom is -0.497 e. The van der Waals surface area contributed by atoms with Gasteiger partial charge in [0.05, 0.1) is 38.0 Å². The molecule has 5 rings (SSSR count). The van der Waals surface area contributed by atoms with Gasteiger partial charge in [0, 0.05) is 24.2 Å². The quantitative estimate of drug-likeness (QED) is 0.296. The third kappa shape index (κ3) is 7.57. The zero-order valence-electron chi connectivity index (χ0n) is 24.6. The summed E-state index contributed by atoms with van der Waals surface area (Å²) in [5.41, 5.74) is 2.27. The predicted molar refractivity (Wildman–Crippen MR) is 162 cm³/mol. The zero-order valence-corrected chi connectivity index (χ0v) is 25.4. The number of amidine groups is 1. The molecule has 1 N–H and O–H groups in total. The van der Waals surface area contributed by atoms with E-state index < -0.39 is 24.9 Å². The van der Waals surface area contributed by atoms with Crippen molar-refractivity contribution < 1.29 is 32.2 Å². The van der Waals surface area contributed by atoms with E-state index in [1.807, 2.05) is 49.1 Å². The van der Waals surface area contributed by atoms with Crippen LogP contribution in [0.1, 0.15) is 42.6 Å². The number of rotatable bonds is 10. The smallest absolute Gasteiger partial charge is 0.422 e. The average molecular weight is 631 g/mol. The molecular weight excluding hydrogens is 597 g/mol. The number of nitrogens with zero attached hydrogens (tertiary/aromatic N) is 3. The van der Waals surface area contributed by atoms with Crippen LogP contribution in [0.5, 0.6) is 17.2 Å². The van der Waals surface area contributed by atoms with Crippen LogP contribution in [0, 0.1) is 0 Å². The largest absolute Gasteiger partial charge is 0.497 e. The van der Waals surface area contributed by atoms with Gasteiger partial charge >= 0.3 is 6.18 Å². The molecule has 0 bridgehead atoms. The molecule has 2 heterocycles. The minimum atomic E-state index is -4.47. The first kappa shape index (κ1) is 31.5. The Labute approximate surface area is 259 Å². The van der Waals surface area contributed by atoms with Gasteiger partial charge in [-0.1, -0.05) is 35.9 Å². The van der Waals surface area contributed by atoms with Gasteiger partial charge in [-0.15, -0.1) is 0 Å². The summed E-state index contributed by atoms with van der Waals surface area (Å²) in [5, 5.41) is 3.43. The van der Waals surface area contributed by atoms with Crippen LogP contribution < -0.4 is 19.5 Å². The summed E-state index contributed by atoms with van der Waals surface area (Å²) in [7, 11) is 1.58. The molecule has 0 aromatic heterocycles. The molecule has 234 valence electrons. The van der Waals surface area contributed by atoms with E-state index in [-0.39, 0.29) is 24.3 Å². The van der Waals surface area contributed by atoms with E-state index in [9.17, 15) is 18.0 Å². The fourth-order valence-corrected chi connectivity index (χ4v) is 5.51. The summed E-state index contributed by atoms with van der Waals surface area (Å²) in [6, 6.07) is 18.6. The Balaban J connectivity index is 1.65. The Hall–Kier alpha value is -3.96. The Bertz CT molecular complexity index is 1500. The second-order valence-electron chi connectivity index (χ2n) is 10.9. The lowest BCUT2D eigenvalue weighted by atomic mass is 9.93. The first-order chi connectivity index (χ1) is 21.0. The Morgan fingerprint density at radius 2 is 1.82 bits per heavy atom. The van der Waals surface area contributed by atoms with Gasteiger partial charge in [-0.2, -0.15) is 13.2 Å². The zero-order chi connectivity index (χ0) is 31.4. The summed E-state index contributed by atoms with van der Waals surface area (Å²) in [5.74, 6) is 1.81. The number of benzene rings is 3. The standard InChI is InChI=1S/C32H34ClF3N4O4/c1-20(2)44-27-16-24(42-3)11-12-26(27)31-38-29(22-5-4-6-25(15-22)43-18-32(34,35)36)30(21-7-9-23(33)10-8-21)40(31)19-39-14-13-37-28(41)17-39/h4-12,15-16,20,29-30H,13-14,17-19H2,1-3H3,(H,37,41). The van der Waals surface area contributed by atoms with Crippen molar-refractivity contribution in [1.29, 1.82) is 0 Å². The predicted octanol–water partition coefficient (Wildman–Crippen LogP) is 6.01. The van der Waals surface area contributed by atoms with E-state index in [0.717, 1.165) is 5.56 Å². The number of piperazine rings is 1. The van der Waals surface area contributed by atoms with Crippen molar-refractivity contribution in [2.24, 2.45) is 4.99 Å². The second kappa shape index (κ2) is 13.4. The highest BCUT2D eigenvalue weighted by molar-refractivity contribution is 6.30. The lowest BCUT2D eigenvalue weighted by molar-refractivity contribution is -0.153. The number of hydrogen-bond donors (Lipinski definition) is 1. The third-order valence-electron chi connectivity index (χ3n) is 7.24. The highest BCUT2D eigenvalue weighted by Gasteiger charge is 2.41. The van der Waals surface area contributed by atoms with Crippen molar-refractivity contribution in [3.8, 4) is 17.2 Å². The van der Waals surface area contributed by atoms with Crippen molar-refractivity contribution in [2.45, 2.75) is 38.2 Å². The topological polar surface area (TPSA) is 75.6 Å². The van der Waals surface area contributed by atoms with Crippen LogP contribution in [0.3, 0.4) is 0 Å². The van der Waals surface area contributed by atoms with Crippen molar-refractivity contribution in [3.63, 3.8) is 0 Å². The normalized spacial score (nSPS) is 19.1. The maximum Gasteiger partial charge on any atom is 0.422 e. The molecule has 1 saturated heterocycles. The molecule has 1 fully saturated rings. The van der Waals surface area contributed by atoms with Gasteiger partial charge in [-0.05, 0) is 61.4 Å². The number of aliphatic imine (C=N–C) groups is 1.